The molecule has 2 aromatic rings. The number of piperidine rings is 1. The lowest BCUT2D eigenvalue weighted by Gasteiger charge is -2.30. The standard InChI is InChI=1S/C15H14F2N6O2/c16-10-1-2-12(17)11(7-10)14-20-15(25-21-14)9-3-5-23(6-4-9)13(24)8-19-22-18/h1-2,7,9H,3-6,8H2. The first-order valence-electron chi connectivity index (χ1n) is 7.66. The zero-order chi connectivity index (χ0) is 17.8. The Hall–Kier alpha value is -3.00. The molecule has 1 aliphatic heterocycles. The maximum absolute atomic E-state index is 13.8. The number of halogens is 2. The second-order valence-corrected chi connectivity index (χ2v) is 5.62. The lowest BCUT2D eigenvalue weighted by molar-refractivity contribution is -0.130. The fourth-order valence-electron chi connectivity index (χ4n) is 2.75. The minimum atomic E-state index is -0.632. The number of carbonyl (C=O) groups excluding carboxylic acids is 1. The molecule has 10 heteroatoms. The number of hydrogen-bond donors (Lipinski definition) is 0. The number of hydrogen-bond acceptors (Lipinski definition) is 5. The third-order valence-electron chi connectivity index (χ3n) is 4.08. The minimum absolute atomic E-state index is 0.00568. The van der Waals surface area contributed by atoms with E-state index in [9.17, 15) is 13.6 Å². The molecule has 8 nitrogen and oxygen atoms in total. The fourth-order valence-corrected chi connectivity index (χ4v) is 2.75. The minimum Gasteiger partial charge on any atom is -0.343 e. The molecule has 1 saturated heterocycles. The van der Waals surface area contributed by atoms with Crippen LogP contribution in [-0.2, 0) is 4.79 Å². The molecule has 0 atom stereocenters. The molecule has 0 spiro atoms. The summed E-state index contributed by atoms with van der Waals surface area (Å²) in [5, 5.41) is 6.99. The molecule has 1 aromatic carbocycles. The van der Waals surface area contributed by atoms with Crippen molar-refractivity contribution in [3.63, 3.8) is 0 Å². The number of amides is 1. The van der Waals surface area contributed by atoms with Gasteiger partial charge in [0.05, 0.1) is 5.56 Å². The van der Waals surface area contributed by atoms with Gasteiger partial charge in [0.25, 0.3) is 0 Å². The molecule has 0 saturated carbocycles. The van der Waals surface area contributed by atoms with E-state index in [4.69, 9.17) is 10.1 Å². The summed E-state index contributed by atoms with van der Waals surface area (Å²) in [6.45, 7) is 0.734. The van der Waals surface area contributed by atoms with Gasteiger partial charge in [0.2, 0.25) is 17.6 Å². The molecule has 0 unspecified atom stereocenters. The zero-order valence-corrected chi connectivity index (χ0v) is 13.1. The fraction of sp³-hybridized carbons (Fsp3) is 0.400. The van der Waals surface area contributed by atoms with Crippen LogP contribution in [0.3, 0.4) is 0 Å². The molecule has 3 rings (SSSR count). The predicted molar refractivity (Wildman–Crippen MR) is 82.2 cm³/mol. The SMILES string of the molecule is [N-]=[N+]=NCC(=O)N1CCC(c2nc(-c3cc(F)ccc3F)no2)CC1. The van der Waals surface area contributed by atoms with E-state index in [1.807, 2.05) is 0 Å². The van der Waals surface area contributed by atoms with Gasteiger partial charge in [0.15, 0.2) is 0 Å². The van der Waals surface area contributed by atoms with Gasteiger partial charge in [-0.1, -0.05) is 10.3 Å². The highest BCUT2D eigenvalue weighted by Crippen LogP contribution is 2.29. The average Bonchev–Trinajstić information content (AvgIpc) is 3.11. The molecular weight excluding hydrogens is 334 g/mol. The van der Waals surface area contributed by atoms with Gasteiger partial charge in [0, 0.05) is 23.9 Å². The van der Waals surface area contributed by atoms with Crippen molar-refractivity contribution >= 4 is 5.91 Å². The number of azide groups is 1. The lowest BCUT2D eigenvalue weighted by atomic mass is 9.96. The Morgan fingerprint density at radius 2 is 2.16 bits per heavy atom. The smallest absolute Gasteiger partial charge is 0.230 e. The molecule has 1 aliphatic rings. The lowest BCUT2D eigenvalue weighted by Crippen LogP contribution is -2.39. The third kappa shape index (κ3) is 3.74. The summed E-state index contributed by atoms with van der Waals surface area (Å²) in [5.41, 5.74) is 8.19. The van der Waals surface area contributed by atoms with Gasteiger partial charge in [-0.05, 0) is 36.6 Å². The Labute approximate surface area is 141 Å². The molecule has 0 bridgehead atoms. The Morgan fingerprint density at radius 3 is 2.88 bits per heavy atom. The molecule has 0 aliphatic carbocycles. The van der Waals surface area contributed by atoms with Crippen LogP contribution in [0.15, 0.2) is 27.8 Å². The predicted octanol–water partition coefficient (Wildman–Crippen LogP) is 3.03. The molecule has 1 amide bonds. The van der Waals surface area contributed by atoms with Gasteiger partial charge in [-0.25, -0.2) is 8.78 Å². The zero-order valence-electron chi connectivity index (χ0n) is 13.1. The quantitative estimate of drug-likeness (QED) is 0.480. The summed E-state index contributed by atoms with van der Waals surface area (Å²) in [5.74, 6) is -1.19. The number of aromatic nitrogens is 2. The van der Waals surface area contributed by atoms with Crippen LogP contribution in [0, 0.1) is 11.6 Å². The van der Waals surface area contributed by atoms with Gasteiger partial charge in [0.1, 0.15) is 18.2 Å². The number of nitrogens with zero attached hydrogens (tertiary/aromatic N) is 6. The Balaban J connectivity index is 1.67. The van der Waals surface area contributed by atoms with Crippen LogP contribution in [-0.4, -0.2) is 40.6 Å². The summed E-state index contributed by atoms with van der Waals surface area (Å²) < 4.78 is 32.3. The van der Waals surface area contributed by atoms with E-state index in [1.54, 1.807) is 4.90 Å². The summed E-state index contributed by atoms with van der Waals surface area (Å²) in [6.07, 6.45) is 1.19. The Bertz CT molecular complexity index is 825. The first kappa shape index (κ1) is 16.8. The van der Waals surface area contributed by atoms with E-state index < -0.39 is 11.6 Å². The first-order valence-corrected chi connectivity index (χ1v) is 7.66. The molecule has 0 radical (unpaired) electrons. The van der Waals surface area contributed by atoms with E-state index >= 15 is 0 Å². The van der Waals surface area contributed by atoms with Crippen LogP contribution in [0.1, 0.15) is 24.7 Å². The Morgan fingerprint density at radius 1 is 1.40 bits per heavy atom. The van der Waals surface area contributed by atoms with E-state index in [1.165, 1.54) is 0 Å². The second kappa shape index (κ2) is 7.27. The molecule has 130 valence electrons. The van der Waals surface area contributed by atoms with Crippen LogP contribution < -0.4 is 0 Å². The number of benzene rings is 1. The molecule has 2 heterocycles. The molecule has 0 N–H and O–H groups in total. The first-order chi connectivity index (χ1) is 12.1. The van der Waals surface area contributed by atoms with Crippen molar-refractivity contribution in [1.82, 2.24) is 15.0 Å². The normalized spacial score (nSPS) is 15.0. The van der Waals surface area contributed by atoms with Gasteiger partial charge in [-0.2, -0.15) is 4.98 Å². The van der Waals surface area contributed by atoms with Crippen LogP contribution in [0.2, 0.25) is 0 Å². The van der Waals surface area contributed by atoms with Crippen molar-refractivity contribution < 1.29 is 18.1 Å². The van der Waals surface area contributed by atoms with Crippen molar-refractivity contribution in [3.05, 3.63) is 46.2 Å². The van der Waals surface area contributed by atoms with E-state index in [2.05, 4.69) is 20.2 Å². The van der Waals surface area contributed by atoms with Gasteiger partial charge in [-0.3, -0.25) is 4.79 Å². The highest BCUT2D eigenvalue weighted by atomic mass is 19.1. The van der Waals surface area contributed by atoms with Crippen molar-refractivity contribution in [2.24, 2.45) is 5.11 Å². The van der Waals surface area contributed by atoms with Gasteiger partial charge < -0.3 is 9.42 Å². The van der Waals surface area contributed by atoms with E-state index in [0.29, 0.717) is 31.8 Å². The second-order valence-electron chi connectivity index (χ2n) is 5.62. The van der Waals surface area contributed by atoms with E-state index in [0.717, 1.165) is 18.2 Å². The highest BCUT2D eigenvalue weighted by molar-refractivity contribution is 5.78. The molecule has 1 aromatic heterocycles. The van der Waals surface area contributed by atoms with Crippen molar-refractivity contribution in [1.29, 1.82) is 0 Å². The summed E-state index contributed by atoms with van der Waals surface area (Å²) in [6, 6.07) is 3.04. The van der Waals surface area contributed by atoms with Crippen molar-refractivity contribution in [3.8, 4) is 11.4 Å². The van der Waals surface area contributed by atoms with E-state index in [-0.39, 0.29) is 29.8 Å². The van der Waals surface area contributed by atoms with Crippen molar-refractivity contribution in [2.45, 2.75) is 18.8 Å². The number of carbonyl (C=O) groups is 1. The number of rotatable bonds is 4. The van der Waals surface area contributed by atoms with Crippen molar-refractivity contribution in [2.75, 3.05) is 19.6 Å². The topological polar surface area (TPSA) is 108 Å². The molecular formula is C15H14F2N6O2. The maximum Gasteiger partial charge on any atom is 0.230 e. The Kier molecular flexibility index (Phi) is 4.90. The molecule has 25 heavy (non-hydrogen) atoms. The summed E-state index contributed by atoms with van der Waals surface area (Å²) >= 11 is 0. The number of likely N-dealkylation sites (tertiary alicyclic amines) is 1. The monoisotopic (exact) mass is 348 g/mol. The largest absolute Gasteiger partial charge is 0.343 e. The average molecular weight is 348 g/mol. The van der Waals surface area contributed by atoms with Crippen LogP contribution in [0.25, 0.3) is 21.8 Å². The van der Waals surface area contributed by atoms with Gasteiger partial charge in [-0.15, -0.1) is 0 Å². The summed E-state index contributed by atoms with van der Waals surface area (Å²) in [7, 11) is 0. The van der Waals surface area contributed by atoms with Crippen LogP contribution in [0.4, 0.5) is 8.78 Å². The third-order valence-corrected chi connectivity index (χ3v) is 4.08. The highest BCUT2D eigenvalue weighted by Gasteiger charge is 2.27. The maximum atomic E-state index is 13.8. The van der Waals surface area contributed by atoms with Gasteiger partial charge >= 0.3 is 0 Å². The van der Waals surface area contributed by atoms with Crippen LogP contribution >= 0.6 is 0 Å². The van der Waals surface area contributed by atoms with Crippen LogP contribution in [0.5, 0.6) is 0 Å². The molecule has 1 fully saturated rings. The summed E-state index contributed by atoms with van der Waals surface area (Å²) in [4.78, 5) is 20.1.